The first-order valence-corrected chi connectivity index (χ1v) is 6.00. The number of carboxylic acid groups (broad SMARTS) is 1. The van der Waals surface area contributed by atoms with Crippen LogP contribution in [-0.2, 0) is 17.8 Å². The first-order chi connectivity index (χ1) is 9.08. The molecule has 0 saturated heterocycles. The fourth-order valence-corrected chi connectivity index (χ4v) is 2.50. The summed E-state index contributed by atoms with van der Waals surface area (Å²) in [5.74, 6) is -1.55. The number of halogens is 1. The second-order valence-corrected chi connectivity index (χ2v) is 4.66. The van der Waals surface area contributed by atoms with E-state index in [1.807, 2.05) is 0 Å². The Morgan fingerprint density at radius 2 is 2.26 bits per heavy atom. The number of aromatic carboxylic acids is 1. The Morgan fingerprint density at radius 3 is 3.00 bits per heavy atom. The summed E-state index contributed by atoms with van der Waals surface area (Å²) in [6.45, 7) is 2.43. The van der Waals surface area contributed by atoms with E-state index in [1.165, 1.54) is 6.07 Å². The molecule has 0 amide bonds. The zero-order valence-corrected chi connectivity index (χ0v) is 10.4. The number of fused-ring (bicyclic) bond motifs is 2. The molecule has 0 fully saturated rings. The van der Waals surface area contributed by atoms with Crippen molar-refractivity contribution in [2.75, 3.05) is 6.61 Å². The van der Waals surface area contributed by atoms with Gasteiger partial charge in [-0.15, -0.1) is 0 Å². The van der Waals surface area contributed by atoms with Crippen LogP contribution in [0.3, 0.4) is 0 Å². The van der Waals surface area contributed by atoms with E-state index in [-0.39, 0.29) is 17.7 Å². The summed E-state index contributed by atoms with van der Waals surface area (Å²) in [6.07, 6.45) is 0.513. The van der Waals surface area contributed by atoms with Crippen LogP contribution >= 0.6 is 0 Å². The Balaban J connectivity index is 2.46. The number of carbonyl (C=O) groups is 1. The Kier molecular flexibility index (Phi) is 2.71. The summed E-state index contributed by atoms with van der Waals surface area (Å²) in [6, 6.07) is 3.02. The molecule has 0 atom stereocenters. The average Bonchev–Trinajstić information content (AvgIpc) is 2.36. The molecule has 0 bridgehead atoms. The third-order valence-electron chi connectivity index (χ3n) is 3.32. The molecule has 0 saturated carbocycles. The second-order valence-electron chi connectivity index (χ2n) is 4.66. The van der Waals surface area contributed by atoms with Gasteiger partial charge in [-0.2, -0.15) is 0 Å². The Morgan fingerprint density at radius 1 is 1.47 bits per heavy atom. The zero-order valence-electron chi connectivity index (χ0n) is 10.4. The number of rotatable bonds is 1. The molecule has 0 radical (unpaired) electrons. The second kappa shape index (κ2) is 4.28. The molecule has 3 rings (SSSR count). The van der Waals surface area contributed by atoms with E-state index in [0.29, 0.717) is 35.2 Å². The highest BCUT2D eigenvalue weighted by Gasteiger charge is 2.24. The minimum atomic E-state index is -1.07. The maximum Gasteiger partial charge on any atom is 0.336 e. The molecule has 0 spiro atoms. The van der Waals surface area contributed by atoms with Crippen LogP contribution in [0.2, 0.25) is 0 Å². The summed E-state index contributed by atoms with van der Waals surface area (Å²) in [4.78, 5) is 15.8. The standard InChI is InChI=1S/C14H12FNO3/c1-7-4-8-12(14(17)18)9-6-19-3-2-11(9)16-13(8)10(15)5-7/h4-5H,2-3,6H2,1H3,(H,17,18). The van der Waals surface area contributed by atoms with E-state index in [9.17, 15) is 14.3 Å². The van der Waals surface area contributed by atoms with Crippen LogP contribution in [0.4, 0.5) is 4.39 Å². The summed E-state index contributed by atoms with van der Waals surface area (Å²) in [5.41, 5.74) is 2.10. The van der Waals surface area contributed by atoms with Crippen LogP contribution in [0.5, 0.6) is 0 Å². The van der Waals surface area contributed by atoms with Crippen molar-refractivity contribution in [1.82, 2.24) is 4.98 Å². The number of aromatic nitrogens is 1. The Hall–Kier alpha value is -2.01. The van der Waals surface area contributed by atoms with Gasteiger partial charge in [-0.25, -0.2) is 14.2 Å². The molecule has 1 aliphatic heterocycles. The van der Waals surface area contributed by atoms with Gasteiger partial charge in [-0.05, 0) is 24.6 Å². The van der Waals surface area contributed by atoms with Crippen molar-refractivity contribution in [2.45, 2.75) is 20.0 Å². The number of ether oxygens (including phenoxy) is 1. The van der Waals surface area contributed by atoms with Crippen LogP contribution in [0.1, 0.15) is 27.2 Å². The molecule has 4 nitrogen and oxygen atoms in total. The molecule has 19 heavy (non-hydrogen) atoms. The topological polar surface area (TPSA) is 59.4 Å². The fraction of sp³-hybridized carbons (Fsp3) is 0.286. The van der Waals surface area contributed by atoms with Crippen molar-refractivity contribution >= 4 is 16.9 Å². The molecule has 2 aromatic rings. The van der Waals surface area contributed by atoms with Gasteiger partial charge in [-0.3, -0.25) is 0 Å². The highest BCUT2D eigenvalue weighted by atomic mass is 19.1. The predicted octanol–water partition coefficient (Wildman–Crippen LogP) is 2.45. The monoisotopic (exact) mass is 261 g/mol. The SMILES string of the molecule is Cc1cc(F)c2nc3c(c(C(=O)O)c2c1)COCC3. The molecule has 2 heterocycles. The molecule has 0 unspecified atom stereocenters. The highest BCUT2D eigenvalue weighted by molar-refractivity contribution is 6.04. The smallest absolute Gasteiger partial charge is 0.336 e. The average molecular weight is 261 g/mol. The van der Waals surface area contributed by atoms with Crippen molar-refractivity contribution in [3.63, 3.8) is 0 Å². The lowest BCUT2D eigenvalue weighted by atomic mass is 9.97. The van der Waals surface area contributed by atoms with E-state index < -0.39 is 11.8 Å². The quantitative estimate of drug-likeness (QED) is 0.856. The van der Waals surface area contributed by atoms with E-state index in [4.69, 9.17) is 4.74 Å². The van der Waals surface area contributed by atoms with Gasteiger partial charge in [0.05, 0.1) is 18.8 Å². The molecule has 1 aromatic carbocycles. The molecular formula is C14H12FNO3. The van der Waals surface area contributed by atoms with Crippen molar-refractivity contribution in [2.24, 2.45) is 0 Å². The molecule has 1 aliphatic rings. The maximum absolute atomic E-state index is 14.0. The number of nitrogens with zero attached hydrogens (tertiary/aromatic N) is 1. The molecule has 98 valence electrons. The first kappa shape index (κ1) is 12.0. The summed E-state index contributed by atoms with van der Waals surface area (Å²) in [5, 5.41) is 9.76. The molecule has 1 aromatic heterocycles. The molecule has 1 N–H and O–H groups in total. The van der Waals surface area contributed by atoms with Gasteiger partial charge in [-0.1, -0.05) is 0 Å². The molecule has 0 aliphatic carbocycles. The van der Waals surface area contributed by atoms with Gasteiger partial charge in [0, 0.05) is 23.1 Å². The normalized spacial score (nSPS) is 14.4. The lowest BCUT2D eigenvalue weighted by Gasteiger charge is -2.19. The lowest BCUT2D eigenvalue weighted by Crippen LogP contribution is -2.17. The number of benzene rings is 1. The first-order valence-electron chi connectivity index (χ1n) is 6.00. The lowest BCUT2D eigenvalue weighted by molar-refractivity contribution is 0.0683. The van der Waals surface area contributed by atoms with Crippen LogP contribution < -0.4 is 0 Å². The van der Waals surface area contributed by atoms with Crippen LogP contribution in [0.15, 0.2) is 12.1 Å². The van der Waals surface area contributed by atoms with Gasteiger partial charge in [0.1, 0.15) is 11.3 Å². The van der Waals surface area contributed by atoms with Crippen LogP contribution in [0, 0.1) is 12.7 Å². The van der Waals surface area contributed by atoms with Gasteiger partial charge in [0.15, 0.2) is 0 Å². The van der Waals surface area contributed by atoms with Gasteiger partial charge in [0.2, 0.25) is 0 Å². The number of hydrogen-bond donors (Lipinski definition) is 1. The minimum Gasteiger partial charge on any atom is -0.478 e. The zero-order chi connectivity index (χ0) is 13.6. The third kappa shape index (κ3) is 1.86. The number of aryl methyl sites for hydroxylation is 1. The fourth-order valence-electron chi connectivity index (χ4n) is 2.50. The van der Waals surface area contributed by atoms with E-state index in [2.05, 4.69) is 4.98 Å². The van der Waals surface area contributed by atoms with Crippen molar-refractivity contribution in [3.05, 3.63) is 40.3 Å². The van der Waals surface area contributed by atoms with Gasteiger partial charge >= 0.3 is 5.97 Å². The Bertz CT molecular complexity index is 697. The largest absolute Gasteiger partial charge is 0.478 e. The van der Waals surface area contributed by atoms with Crippen LogP contribution in [-0.4, -0.2) is 22.7 Å². The Labute approximate surface area is 108 Å². The van der Waals surface area contributed by atoms with E-state index in [0.717, 1.165) is 0 Å². The third-order valence-corrected chi connectivity index (χ3v) is 3.32. The summed E-state index contributed by atoms with van der Waals surface area (Å²) >= 11 is 0. The van der Waals surface area contributed by atoms with Crippen LogP contribution in [0.25, 0.3) is 10.9 Å². The minimum absolute atomic E-state index is 0.113. The predicted molar refractivity (Wildman–Crippen MR) is 66.8 cm³/mol. The molecule has 5 heteroatoms. The highest BCUT2D eigenvalue weighted by Crippen LogP contribution is 2.29. The number of hydrogen-bond acceptors (Lipinski definition) is 3. The van der Waals surface area contributed by atoms with Crippen molar-refractivity contribution < 1.29 is 19.0 Å². The van der Waals surface area contributed by atoms with E-state index in [1.54, 1.807) is 13.0 Å². The van der Waals surface area contributed by atoms with Gasteiger partial charge < -0.3 is 9.84 Å². The molecular weight excluding hydrogens is 249 g/mol. The van der Waals surface area contributed by atoms with Crippen molar-refractivity contribution in [1.29, 1.82) is 0 Å². The number of pyridine rings is 1. The summed E-state index contributed by atoms with van der Waals surface area (Å²) < 4.78 is 19.3. The summed E-state index contributed by atoms with van der Waals surface area (Å²) in [7, 11) is 0. The van der Waals surface area contributed by atoms with Gasteiger partial charge in [0.25, 0.3) is 0 Å². The maximum atomic E-state index is 14.0. The van der Waals surface area contributed by atoms with E-state index >= 15 is 0 Å². The number of carboxylic acids is 1. The van der Waals surface area contributed by atoms with Crippen molar-refractivity contribution in [3.8, 4) is 0 Å².